The Morgan fingerprint density at radius 2 is 1.78 bits per heavy atom. The molecular weight excluding hydrogens is 128 g/mol. The zero-order valence-corrected chi connectivity index (χ0v) is 7.00. The van der Waals surface area contributed by atoms with Crippen molar-refractivity contribution in [1.82, 2.24) is 0 Å². The van der Waals surface area contributed by atoms with Gasteiger partial charge in [0, 0.05) is 11.5 Å². The highest BCUT2D eigenvalue weighted by Crippen LogP contribution is 2.60. The van der Waals surface area contributed by atoms with E-state index >= 15 is 0 Å². The van der Waals surface area contributed by atoms with Gasteiger partial charge in [0.2, 0.25) is 0 Å². The van der Waals surface area contributed by atoms with E-state index in [1.807, 2.05) is 0 Å². The van der Waals surface area contributed by atoms with Crippen LogP contribution in [0.3, 0.4) is 0 Å². The van der Waals surface area contributed by atoms with E-state index in [2.05, 4.69) is 25.6 Å². The van der Waals surface area contributed by atoms with Gasteiger partial charge in [-0.2, -0.15) is 11.8 Å². The molecule has 1 heterocycles. The van der Waals surface area contributed by atoms with Crippen LogP contribution in [0.1, 0.15) is 20.3 Å². The van der Waals surface area contributed by atoms with Gasteiger partial charge in [-0.15, -0.1) is 0 Å². The highest BCUT2D eigenvalue weighted by Gasteiger charge is 2.54. The van der Waals surface area contributed by atoms with Gasteiger partial charge in [0.15, 0.2) is 0 Å². The van der Waals surface area contributed by atoms with Crippen LogP contribution in [0.15, 0.2) is 0 Å². The molecule has 2 atom stereocenters. The molecule has 0 aromatic heterocycles. The Morgan fingerprint density at radius 1 is 1.22 bits per heavy atom. The lowest BCUT2D eigenvalue weighted by Gasteiger charge is -2.59. The van der Waals surface area contributed by atoms with E-state index < -0.39 is 0 Å². The lowest BCUT2D eigenvalue weighted by atomic mass is 9.55. The second-order valence-electron chi connectivity index (χ2n) is 3.76. The van der Waals surface area contributed by atoms with Gasteiger partial charge in [0.1, 0.15) is 0 Å². The standard InChI is InChI=1S/C8H14S/c1-6-3-7(2)8(6)4-9-5-8/h6-7H,3-5H2,1-2H3. The van der Waals surface area contributed by atoms with Gasteiger partial charge in [-0.05, 0) is 23.7 Å². The van der Waals surface area contributed by atoms with Crippen LogP contribution in [0.4, 0.5) is 0 Å². The van der Waals surface area contributed by atoms with E-state index in [0.29, 0.717) is 0 Å². The summed E-state index contributed by atoms with van der Waals surface area (Å²) < 4.78 is 0. The molecule has 2 unspecified atom stereocenters. The van der Waals surface area contributed by atoms with Gasteiger partial charge >= 0.3 is 0 Å². The Hall–Kier alpha value is 0.350. The van der Waals surface area contributed by atoms with Gasteiger partial charge in [0.05, 0.1) is 0 Å². The highest BCUT2D eigenvalue weighted by atomic mass is 32.2. The zero-order valence-electron chi connectivity index (χ0n) is 6.18. The maximum absolute atomic E-state index is 2.42. The quantitative estimate of drug-likeness (QED) is 0.500. The van der Waals surface area contributed by atoms with E-state index in [4.69, 9.17) is 0 Å². The van der Waals surface area contributed by atoms with E-state index in [0.717, 1.165) is 17.3 Å². The molecule has 1 spiro atoms. The summed E-state index contributed by atoms with van der Waals surface area (Å²) in [5, 5.41) is 0. The normalized spacial score (nSPS) is 46.0. The minimum atomic E-state index is 0.824. The summed E-state index contributed by atoms with van der Waals surface area (Å²) in [5.41, 5.74) is 0.824. The third-order valence-electron chi connectivity index (χ3n) is 3.41. The molecule has 1 saturated heterocycles. The molecule has 52 valence electrons. The Kier molecular flexibility index (Phi) is 1.14. The molecule has 9 heavy (non-hydrogen) atoms. The molecule has 0 aromatic carbocycles. The van der Waals surface area contributed by atoms with Crippen molar-refractivity contribution < 1.29 is 0 Å². The zero-order chi connectivity index (χ0) is 6.48. The number of hydrogen-bond acceptors (Lipinski definition) is 1. The minimum Gasteiger partial charge on any atom is -0.161 e. The highest BCUT2D eigenvalue weighted by molar-refractivity contribution is 8.00. The first-order valence-electron chi connectivity index (χ1n) is 3.83. The second kappa shape index (κ2) is 1.69. The molecule has 2 fully saturated rings. The largest absolute Gasteiger partial charge is 0.161 e. The second-order valence-corrected chi connectivity index (χ2v) is 4.75. The number of hydrogen-bond donors (Lipinski definition) is 0. The van der Waals surface area contributed by atoms with E-state index in [-0.39, 0.29) is 0 Å². The Balaban J connectivity index is 2.08. The molecule has 2 rings (SSSR count). The number of thioether (sulfide) groups is 1. The van der Waals surface area contributed by atoms with Crippen molar-refractivity contribution in [3.8, 4) is 0 Å². The van der Waals surface area contributed by atoms with Crippen LogP contribution in [0.25, 0.3) is 0 Å². The maximum atomic E-state index is 2.42. The van der Waals surface area contributed by atoms with Crippen molar-refractivity contribution in [2.75, 3.05) is 11.5 Å². The van der Waals surface area contributed by atoms with E-state index in [9.17, 15) is 0 Å². The van der Waals surface area contributed by atoms with Crippen LogP contribution in [-0.2, 0) is 0 Å². The van der Waals surface area contributed by atoms with Crippen molar-refractivity contribution in [2.45, 2.75) is 20.3 Å². The minimum absolute atomic E-state index is 0.824. The van der Waals surface area contributed by atoms with Crippen LogP contribution < -0.4 is 0 Å². The van der Waals surface area contributed by atoms with Crippen molar-refractivity contribution in [1.29, 1.82) is 0 Å². The van der Waals surface area contributed by atoms with Crippen molar-refractivity contribution >= 4 is 11.8 Å². The number of rotatable bonds is 0. The summed E-state index contributed by atoms with van der Waals surface area (Å²) in [7, 11) is 0. The molecular formula is C8H14S. The Bertz CT molecular complexity index is 117. The summed E-state index contributed by atoms with van der Waals surface area (Å²) in [4.78, 5) is 0. The van der Waals surface area contributed by atoms with Gasteiger partial charge in [-0.25, -0.2) is 0 Å². The van der Waals surface area contributed by atoms with Gasteiger partial charge < -0.3 is 0 Å². The van der Waals surface area contributed by atoms with E-state index in [1.54, 1.807) is 0 Å². The molecule has 0 radical (unpaired) electrons. The third kappa shape index (κ3) is 0.568. The predicted octanol–water partition coefficient (Wildman–Crippen LogP) is 2.40. The van der Waals surface area contributed by atoms with Gasteiger partial charge in [-0.1, -0.05) is 13.8 Å². The fraction of sp³-hybridized carbons (Fsp3) is 1.00. The van der Waals surface area contributed by atoms with Crippen LogP contribution in [0.5, 0.6) is 0 Å². The molecule has 1 saturated carbocycles. The summed E-state index contributed by atoms with van der Waals surface area (Å²) in [6.07, 6.45) is 1.49. The maximum Gasteiger partial charge on any atom is 0.000243 e. The van der Waals surface area contributed by atoms with Crippen molar-refractivity contribution in [2.24, 2.45) is 17.3 Å². The third-order valence-corrected chi connectivity index (χ3v) is 4.89. The molecule has 0 nitrogen and oxygen atoms in total. The predicted molar refractivity (Wildman–Crippen MR) is 42.7 cm³/mol. The summed E-state index contributed by atoms with van der Waals surface area (Å²) >= 11 is 2.13. The van der Waals surface area contributed by atoms with E-state index in [1.165, 1.54) is 17.9 Å². The topological polar surface area (TPSA) is 0 Å². The average molecular weight is 142 g/mol. The van der Waals surface area contributed by atoms with Crippen LogP contribution in [-0.4, -0.2) is 11.5 Å². The lowest BCUT2D eigenvalue weighted by Crippen LogP contribution is -2.55. The fourth-order valence-corrected chi connectivity index (χ4v) is 4.05. The lowest BCUT2D eigenvalue weighted by molar-refractivity contribution is 0.00438. The molecule has 0 bridgehead atoms. The smallest absolute Gasteiger partial charge is 0.000243 e. The average Bonchev–Trinajstić information content (AvgIpc) is 1.60. The van der Waals surface area contributed by atoms with Crippen LogP contribution >= 0.6 is 11.8 Å². The molecule has 1 aliphatic carbocycles. The van der Waals surface area contributed by atoms with Crippen molar-refractivity contribution in [3.63, 3.8) is 0 Å². The van der Waals surface area contributed by atoms with Gasteiger partial charge in [-0.3, -0.25) is 0 Å². The fourth-order valence-electron chi connectivity index (χ4n) is 2.23. The first kappa shape index (κ1) is 6.09. The van der Waals surface area contributed by atoms with Crippen LogP contribution in [0, 0.1) is 17.3 Å². The Labute approximate surface area is 61.4 Å². The molecule has 1 heteroatoms. The molecule has 2 aliphatic rings. The summed E-state index contributed by atoms with van der Waals surface area (Å²) in [6.45, 7) is 4.83. The van der Waals surface area contributed by atoms with Crippen molar-refractivity contribution in [3.05, 3.63) is 0 Å². The van der Waals surface area contributed by atoms with Gasteiger partial charge in [0.25, 0.3) is 0 Å². The SMILES string of the molecule is CC1CC(C)C12CSC2. The summed E-state index contributed by atoms with van der Waals surface area (Å²) in [6, 6.07) is 0. The first-order valence-corrected chi connectivity index (χ1v) is 4.99. The Morgan fingerprint density at radius 3 is 1.89 bits per heavy atom. The monoisotopic (exact) mass is 142 g/mol. The molecule has 0 N–H and O–H groups in total. The summed E-state index contributed by atoms with van der Waals surface area (Å²) in [5.74, 6) is 4.98. The first-order chi connectivity index (χ1) is 4.26. The molecule has 0 aromatic rings. The van der Waals surface area contributed by atoms with Crippen LogP contribution in [0.2, 0.25) is 0 Å². The molecule has 0 amide bonds. The molecule has 1 aliphatic heterocycles.